The number of hydrogen-bond donors (Lipinski definition) is 2. The van der Waals surface area contributed by atoms with Crippen molar-refractivity contribution in [3.8, 4) is 5.75 Å². The van der Waals surface area contributed by atoms with Crippen LogP contribution >= 0.6 is 0 Å². The molecule has 3 rings (SSSR count). The number of hydrogen-bond acceptors (Lipinski definition) is 3. The van der Waals surface area contributed by atoms with Gasteiger partial charge in [0.1, 0.15) is 25.0 Å². The maximum absolute atomic E-state index is 10.3. The molecule has 1 fully saturated rings. The van der Waals surface area contributed by atoms with Crippen LogP contribution in [0.3, 0.4) is 0 Å². The zero-order valence-electron chi connectivity index (χ0n) is 15.9. The molecule has 0 aromatic heterocycles. The molecule has 4 heteroatoms. The number of para-hydroxylation sites is 1. The first-order chi connectivity index (χ1) is 12.6. The standard InChI is InChI=1S/C22H30N2O2/c1-18(2)19-8-10-22(11-9-19)26-17-21(25)16-23-12-14-24(15-13-23)20-6-4-3-5-7-20/h3-11,18,21,25H,12-17H2,1-2H3/p+1/t21-/m0/s1. The van der Waals surface area contributed by atoms with Crippen molar-refractivity contribution in [2.75, 3.05) is 44.2 Å². The highest BCUT2D eigenvalue weighted by Crippen LogP contribution is 2.18. The van der Waals surface area contributed by atoms with Gasteiger partial charge in [-0.2, -0.15) is 0 Å². The number of nitrogens with zero attached hydrogens (tertiary/aromatic N) is 1. The molecule has 4 nitrogen and oxygen atoms in total. The first-order valence-electron chi connectivity index (χ1n) is 9.66. The Labute approximate surface area is 157 Å². The fraction of sp³-hybridized carbons (Fsp3) is 0.455. The molecule has 0 unspecified atom stereocenters. The van der Waals surface area contributed by atoms with Crippen LogP contribution in [0.2, 0.25) is 0 Å². The number of quaternary nitrogens is 1. The number of rotatable bonds is 7. The van der Waals surface area contributed by atoms with E-state index >= 15 is 0 Å². The smallest absolute Gasteiger partial charge is 0.137 e. The van der Waals surface area contributed by atoms with Gasteiger partial charge in [0.05, 0.1) is 26.2 Å². The van der Waals surface area contributed by atoms with E-state index in [-0.39, 0.29) is 0 Å². The topological polar surface area (TPSA) is 37.1 Å². The fourth-order valence-electron chi connectivity index (χ4n) is 3.46. The van der Waals surface area contributed by atoms with E-state index in [2.05, 4.69) is 61.2 Å². The second kappa shape index (κ2) is 9.06. The molecule has 26 heavy (non-hydrogen) atoms. The van der Waals surface area contributed by atoms with Crippen molar-refractivity contribution in [1.29, 1.82) is 0 Å². The van der Waals surface area contributed by atoms with Crippen molar-refractivity contribution < 1.29 is 14.7 Å². The summed E-state index contributed by atoms with van der Waals surface area (Å²) >= 11 is 0. The molecule has 1 heterocycles. The second-order valence-corrected chi connectivity index (χ2v) is 7.47. The minimum atomic E-state index is -0.432. The molecule has 0 spiro atoms. The molecular weight excluding hydrogens is 324 g/mol. The van der Waals surface area contributed by atoms with Crippen LogP contribution in [0.25, 0.3) is 0 Å². The van der Waals surface area contributed by atoms with Gasteiger partial charge in [-0.1, -0.05) is 44.2 Å². The van der Waals surface area contributed by atoms with Gasteiger partial charge >= 0.3 is 0 Å². The van der Waals surface area contributed by atoms with Crippen LogP contribution in [0.4, 0.5) is 5.69 Å². The van der Waals surface area contributed by atoms with Gasteiger partial charge in [-0.3, -0.25) is 0 Å². The SMILES string of the molecule is CC(C)c1ccc(OC[C@@H](O)C[NH+]2CCN(c3ccccc3)CC2)cc1. The van der Waals surface area contributed by atoms with Crippen LogP contribution in [0, 0.1) is 0 Å². The summed E-state index contributed by atoms with van der Waals surface area (Å²) in [5.41, 5.74) is 2.60. The minimum Gasteiger partial charge on any atom is -0.491 e. The molecular formula is C22H31N2O2+. The van der Waals surface area contributed by atoms with E-state index in [1.807, 2.05) is 12.1 Å². The summed E-state index contributed by atoms with van der Waals surface area (Å²) in [6.45, 7) is 9.62. The van der Waals surface area contributed by atoms with Gasteiger partial charge in [-0.25, -0.2) is 0 Å². The zero-order valence-corrected chi connectivity index (χ0v) is 15.9. The number of piperazine rings is 1. The number of ether oxygens (including phenoxy) is 1. The van der Waals surface area contributed by atoms with Crippen LogP contribution in [-0.4, -0.2) is 50.5 Å². The third-order valence-electron chi connectivity index (χ3n) is 5.11. The average molecular weight is 356 g/mol. The first-order valence-corrected chi connectivity index (χ1v) is 9.66. The number of nitrogens with one attached hydrogen (secondary N) is 1. The molecule has 2 aromatic carbocycles. The predicted octanol–water partition coefficient (Wildman–Crippen LogP) is 1.95. The lowest BCUT2D eigenvalue weighted by Gasteiger charge is -2.34. The Morgan fingerprint density at radius 1 is 1.00 bits per heavy atom. The minimum absolute atomic E-state index is 0.354. The normalized spacial score (nSPS) is 16.7. The lowest BCUT2D eigenvalue weighted by atomic mass is 10.0. The van der Waals surface area contributed by atoms with E-state index < -0.39 is 6.10 Å². The highest BCUT2D eigenvalue weighted by atomic mass is 16.5. The van der Waals surface area contributed by atoms with Crippen molar-refractivity contribution in [2.24, 2.45) is 0 Å². The maximum atomic E-state index is 10.3. The summed E-state index contributed by atoms with van der Waals surface area (Å²) in [5.74, 6) is 1.35. The van der Waals surface area contributed by atoms with Crippen molar-refractivity contribution in [2.45, 2.75) is 25.9 Å². The molecule has 1 aliphatic rings. The Balaban J connectivity index is 1.39. The Morgan fingerprint density at radius 2 is 1.65 bits per heavy atom. The summed E-state index contributed by atoms with van der Waals surface area (Å²) in [7, 11) is 0. The van der Waals surface area contributed by atoms with E-state index in [9.17, 15) is 5.11 Å². The highest BCUT2D eigenvalue weighted by Gasteiger charge is 2.22. The molecule has 0 amide bonds. The average Bonchev–Trinajstić information content (AvgIpc) is 2.68. The zero-order chi connectivity index (χ0) is 18.4. The molecule has 140 valence electrons. The molecule has 1 atom stereocenters. The molecule has 1 aliphatic heterocycles. The Bertz CT molecular complexity index is 650. The van der Waals surface area contributed by atoms with E-state index in [4.69, 9.17) is 4.74 Å². The summed E-state index contributed by atoms with van der Waals surface area (Å²) in [6.07, 6.45) is -0.432. The van der Waals surface area contributed by atoms with Crippen molar-refractivity contribution in [3.63, 3.8) is 0 Å². The van der Waals surface area contributed by atoms with Gasteiger partial charge in [-0.15, -0.1) is 0 Å². The quantitative estimate of drug-likeness (QED) is 0.797. The molecule has 1 saturated heterocycles. The van der Waals surface area contributed by atoms with Crippen LogP contribution in [0.1, 0.15) is 25.3 Å². The predicted molar refractivity (Wildman–Crippen MR) is 106 cm³/mol. The molecule has 2 N–H and O–H groups in total. The number of anilines is 1. The summed E-state index contributed by atoms with van der Waals surface area (Å²) in [5, 5.41) is 10.3. The summed E-state index contributed by atoms with van der Waals surface area (Å²) in [6, 6.07) is 18.7. The third kappa shape index (κ3) is 5.23. The van der Waals surface area contributed by atoms with Crippen LogP contribution in [0.5, 0.6) is 5.75 Å². The second-order valence-electron chi connectivity index (χ2n) is 7.47. The Morgan fingerprint density at radius 3 is 2.27 bits per heavy atom. The lowest BCUT2D eigenvalue weighted by molar-refractivity contribution is -0.903. The Kier molecular flexibility index (Phi) is 6.53. The summed E-state index contributed by atoms with van der Waals surface area (Å²) < 4.78 is 5.76. The highest BCUT2D eigenvalue weighted by molar-refractivity contribution is 5.46. The van der Waals surface area contributed by atoms with Crippen molar-refractivity contribution in [3.05, 3.63) is 60.2 Å². The molecule has 0 aliphatic carbocycles. The van der Waals surface area contributed by atoms with Crippen LogP contribution in [-0.2, 0) is 0 Å². The number of benzene rings is 2. The monoisotopic (exact) mass is 355 g/mol. The largest absolute Gasteiger partial charge is 0.491 e. The van der Waals surface area contributed by atoms with Gasteiger partial charge in [0.25, 0.3) is 0 Å². The fourth-order valence-corrected chi connectivity index (χ4v) is 3.46. The van der Waals surface area contributed by atoms with Gasteiger partial charge in [0.15, 0.2) is 0 Å². The van der Waals surface area contributed by atoms with Crippen LogP contribution < -0.4 is 14.5 Å². The molecule has 2 aromatic rings. The van der Waals surface area contributed by atoms with E-state index in [0.29, 0.717) is 12.5 Å². The van der Waals surface area contributed by atoms with Crippen molar-refractivity contribution in [1.82, 2.24) is 0 Å². The van der Waals surface area contributed by atoms with E-state index in [1.54, 1.807) is 0 Å². The molecule has 0 saturated carbocycles. The molecule has 0 radical (unpaired) electrons. The number of aliphatic hydroxyl groups excluding tert-OH is 1. The summed E-state index contributed by atoms with van der Waals surface area (Å²) in [4.78, 5) is 3.87. The Hall–Kier alpha value is -2.04. The van der Waals surface area contributed by atoms with Gasteiger partial charge in [0.2, 0.25) is 0 Å². The third-order valence-corrected chi connectivity index (χ3v) is 5.11. The van der Waals surface area contributed by atoms with E-state index in [1.165, 1.54) is 16.2 Å². The van der Waals surface area contributed by atoms with Gasteiger partial charge < -0.3 is 19.6 Å². The number of aliphatic hydroxyl groups is 1. The van der Waals surface area contributed by atoms with Crippen molar-refractivity contribution >= 4 is 5.69 Å². The lowest BCUT2D eigenvalue weighted by Crippen LogP contribution is -3.16. The van der Waals surface area contributed by atoms with E-state index in [0.717, 1.165) is 38.5 Å². The molecule has 0 bridgehead atoms. The van der Waals surface area contributed by atoms with Gasteiger partial charge in [-0.05, 0) is 35.7 Å². The van der Waals surface area contributed by atoms with Crippen LogP contribution in [0.15, 0.2) is 54.6 Å². The maximum Gasteiger partial charge on any atom is 0.137 e. The first kappa shape index (κ1) is 18.7. The van der Waals surface area contributed by atoms with Gasteiger partial charge in [0, 0.05) is 5.69 Å².